The van der Waals surface area contributed by atoms with Crippen LogP contribution in [0.5, 0.6) is 5.75 Å². The van der Waals surface area contributed by atoms with Crippen molar-refractivity contribution >= 4 is 23.2 Å². The van der Waals surface area contributed by atoms with Gasteiger partial charge in [0, 0.05) is 18.3 Å². The van der Waals surface area contributed by atoms with Crippen molar-refractivity contribution in [1.82, 2.24) is 0 Å². The summed E-state index contributed by atoms with van der Waals surface area (Å²) in [5.41, 5.74) is 4.01. The van der Waals surface area contributed by atoms with E-state index in [0.29, 0.717) is 17.0 Å². The van der Waals surface area contributed by atoms with Gasteiger partial charge in [-0.15, -0.1) is 0 Å². The van der Waals surface area contributed by atoms with Crippen LogP contribution in [0.15, 0.2) is 36.4 Å². The first kappa shape index (κ1) is 15.1. The summed E-state index contributed by atoms with van der Waals surface area (Å²) in [6.45, 7) is 3.99. The Balaban J connectivity index is 1.87. The lowest BCUT2D eigenvalue weighted by molar-refractivity contribution is -0.120. The Kier molecular flexibility index (Phi) is 3.78. The molecule has 1 aliphatic heterocycles. The maximum atomic E-state index is 12.5. The molecule has 1 aliphatic rings. The summed E-state index contributed by atoms with van der Waals surface area (Å²) < 4.78 is 5.37. The van der Waals surface area contributed by atoms with E-state index in [2.05, 4.69) is 5.32 Å². The molecule has 118 valence electrons. The minimum Gasteiger partial charge on any atom is -0.482 e. The molecule has 0 unspecified atom stereocenters. The van der Waals surface area contributed by atoms with Gasteiger partial charge in [0.25, 0.3) is 11.8 Å². The van der Waals surface area contributed by atoms with Gasteiger partial charge in [-0.05, 0) is 43.7 Å². The highest BCUT2D eigenvalue weighted by Crippen LogP contribution is 2.32. The summed E-state index contributed by atoms with van der Waals surface area (Å²) in [5.74, 6) is 0.255. The lowest BCUT2D eigenvalue weighted by Crippen LogP contribution is -2.35. The second kappa shape index (κ2) is 5.76. The highest BCUT2D eigenvalue weighted by molar-refractivity contribution is 6.06. The molecular formula is C18H18N2O3. The molecule has 0 aromatic heterocycles. The number of carbonyl (C=O) groups is 2. The van der Waals surface area contributed by atoms with E-state index in [-0.39, 0.29) is 18.4 Å². The summed E-state index contributed by atoms with van der Waals surface area (Å²) in [6, 6.07) is 10.9. The number of hydrogen-bond acceptors (Lipinski definition) is 3. The Hall–Kier alpha value is -2.82. The standard InChI is InChI=1S/C18H18N2O3/c1-11-4-6-14(12(2)8-11)19-18(22)13-5-7-16-15(9-13)20(3)17(21)10-23-16/h4-9H,10H2,1-3H3,(H,19,22). The van der Waals surface area contributed by atoms with Crippen LogP contribution in [0.3, 0.4) is 0 Å². The SMILES string of the molecule is Cc1ccc(NC(=O)c2ccc3c(c2)N(C)C(=O)CO3)c(C)c1. The Morgan fingerprint density at radius 2 is 1.96 bits per heavy atom. The number of nitrogens with one attached hydrogen (secondary N) is 1. The van der Waals surface area contributed by atoms with Crippen LogP contribution in [0.4, 0.5) is 11.4 Å². The first-order valence-electron chi connectivity index (χ1n) is 7.38. The van der Waals surface area contributed by atoms with Crippen LogP contribution in [-0.4, -0.2) is 25.5 Å². The average molecular weight is 310 g/mol. The van der Waals surface area contributed by atoms with Gasteiger partial charge in [0.1, 0.15) is 5.75 Å². The lowest BCUT2D eigenvalue weighted by Gasteiger charge is -2.26. The molecule has 2 aromatic rings. The number of anilines is 2. The molecule has 2 amide bonds. The largest absolute Gasteiger partial charge is 0.482 e. The van der Waals surface area contributed by atoms with Gasteiger partial charge in [-0.25, -0.2) is 0 Å². The fourth-order valence-corrected chi connectivity index (χ4v) is 2.56. The third-order valence-electron chi connectivity index (χ3n) is 3.94. The molecule has 0 fully saturated rings. The molecule has 0 saturated heterocycles. The second-order valence-corrected chi connectivity index (χ2v) is 5.70. The number of rotatable bonds is 2. The van der Waals surface area contributed by atoms with Crippen molar-refractivity contribution in [2.45, 2.75) is 13.8 Å². The van der Waals surface area contributed by atoms with Crippen molar-refractivity contribution in [2.24, 2.45) is 0 Å². The molecule has 3 rings (SSSR count). The molecule has 1 N–H and O–H groups in total. The predicted octanol–water partition coefficient (Wildman–Crippen LogP) is 2.91. The molecule has 2 aromatic carbocycles. The van der Waals surface area contributed by atoms with Crippen LogP contribution < -0.4 is 15.0 Å². The van der Waals surface area contributed by atoms with Crippen LogP contribution in [-0.2, 0) is 4.79 Å². The zero-order chi connectivity index (χ0) is 16.6. The van der Waals surface area contributed by atoms with Gasteiger partial charge >= 0.3 is 0 Å². The summed E-state index contributed by atoms with van der Waals surface area (Å²) in [5, 5.41) is 2.90. The Morgan fingerprint density at radius 3 is 2.70 bits per heavy atom. The highest BCUT2D eigenvalue weighted by atomic mass is 16.5. The van der Waals surface area contributed by atoms with E-state index >= 15 is 0 Å². The third kappa shape index (κ3) is 2.90. The quantitative estimate of drug-likeness (QED) is 0.928. The van der Waals surface area contributed by atoms with Crippen LogP contribution in [0.1, 0.15) is 21.5 Å². The molecule has 0 atom stereocenters. The minimum absolute atomic E-state index is 0.0254. The van der Waals surface area contributed by atoms with Crippen LogP contribution in [0.25, 0.3) is 0 Å². The van der Waals surface area contributed by atoms with Crippen LogP contribution >= 0.6 is 0 Å². The normalized spacial score (nSPS) is 13.3. The third-order valence-corrected chi connectivity index (χ3v) is 3.94. The van der Waals surface area contributed by atoms with Gasteiger partial charge in [0.15, 0.2) is 6.61 Å². The number of ether oxygens (including phenoxy) is 1. The molecule has 5 heteroatoms. The zero-order valence-corrected chi connectivity index (χ0v) is 13.3. The number of hydrogen-bond donors (Lipinski definition) is 1. The highest BCUT2D eigenvalue weighted by Gasteiger charge is 2.23. The summed E-state index contributed by atoms with van der Waals surface area (Å²) in [7, 11) is 1.68. The van der Waals surface area contributed by atoms with Crippen molar-refractivity contribution < 1.29 is 14.3 Å². The molecule has 23 heavy (non-hydrogen) atoms. The van der Waals surface area contributed by atoms with Gasteiger partial charge in [0.2, 0.25) is 0 Å². The smallest absolute Gasteiger partial charge is 0.264 e. The van der Waals surface area contributed by atoms with Gasteiger partial charge in [-0.1, -0.05) is 17.7 Å². The van der Waals surface area contributed by atoms with Crippen molar-refractivity contribution in [2.75, 3.05) is 23.9 Å². The zero-order valence-electron chi connectivity index (χ0n) is 13.3. The monoisotopic (exact) mass is 310 g/mol. The Labute approximate surface area is 134 Å². The number of likely N-dealkylation sites (N-methyl/N-ethyl adjacent to an activating group) is 1. The van der Waals surface area contributed by atoms with Crippen molar-refractivity contribution in [3.63, 3.8) is 0 Å². The van der Waals surface area contributed by atoms with Gasteiger partial charge in [-0.2, -0.15) is 0 Å². The number of nitrogens with zero attached hydrogens (tertiary/aromatic N) is 1. The number of aryl methyl sites for hydroxylation is 2. The number of benzene rings is 2. The summed E-state index contributed by atoms with van der Waals surface area (Å²) >= 11 is 0. The van der Waals surface area contributed by atoms with Crippen LogP contribution in [0, 0.1) is 13.8 Å². The molecular weight excluding hydrogens is 292 g/mol. The number of amides is 2. The first-order chi connectivity index (χ1) is 11.0. The second-order valence-electron chi connectivity index (χ2n) is 5.70. The van der Waals surface area contributed by atoms with E-state index in [1.165, 1.54) is 4.90 Å². The molecule has 0 bridgehead atoms. The fraction of sp³-hybridized carbons (Fsp3) is 0.222. The maximum Gasteiger partial charge on any atom is 0.264 e. The minimum atomic E-state index is -0.217. The molecule has 0 saturated carbocycles. The van der Waals surface area contributed by atoms with Crippen molar-refractivity contribution in [3.8, 4) is 5.75 Å². The van der Waals surface area contributed by atoms with Crippen molar-refractivity contribution in [3.05, 3.63) is 53.1 Å². The van der Waals surface area contributed by atoms with E-state index in [0.717, 1.165) is 16.8 Å². The Bertz CT molecular complexity index is 799. The molecule has 0 radical (unpaired) electrons. The lowest BCUT2D eigenvalue weighted by atomic mass is 10.1. The molecule has 0 spiro atoms. The first-order valence-corrected chi connectivity index (χ1v) is 7.38. The van der Waals surface area contributed by atoms with Crippen LogP contribution in [0.2, 0.25) is 0 Å². The van der Waals surface area contributed by atoms with Gasteiger partial charge < -0.3 is 15.0 Å². The fourth-order valence-electron chi connectivity index (χ4n) is 2.56. The van der Waals surface area contributed by atoms with Gasteiger partial charge in [0.05, 0.1) is 5.69 Å². The maximum absolute atomic E-state index is 12.5. The number of fused-ring (bicyclic) bond motifs is 1. The van der Waals surface area contributed by atoms with E-state index in [1.54, 1.807) is 25.2 Å². The summed E-state index contributed by atoms with van der Waals surface area (Å²) in [4.78, 5) is 25.7. The van der Waals surface area contributed by atoms with E-state index in [1.807, 2.05) is 32.0 Å². The summed E-state index contributed by atoms with van der Waals surface area (Å²) in [6.07, 6.45) is 0. The number of carbonyl (C=O) groups excluding carboxylic acids is 2. The topological polar surface area (TPSA) is 58.6 Å². The Morgan fingerprint density at radius 1 is 1.17 bits per heavy atom. The van der Waals surface area contributed by atoms with E-state index in [9.17, 15) is 9.59 Å². The average Bonchev–Trinajstić information content (AvgIpc) is 2.53. The van der Waals surface area contributed by atoms with Gasteiger partial charge in [-0.3, -0.25) is 9.59 Å². The molecule has 5 nitrogen and oxygen atoms in total. The predicted molar refractivity (Wildman–Crippen MR) is 89.2 cm³/mol. The van der Waals surface area contributed by atoms with E-state index < -0.39 is 0 Å². The molecule has 1 heterocycles. The van der Waals surface area contributed by atoms with E-state index in [4.69, 9.17) is 4.74 Å². The molecule has 0 aliphatic carbocycles. The van der Waals surface area contributed by atoms with Crippen molar-refractivity contribution in [1.29, 1.82) is 0 Å².